The Balaban J connectivity index is 2.91. The Kier molecular flexibility index (Phi) is 6.45. The van der Waals surface area contributed by atoms with Crippen LogP contribution in [0.3, 0.4) is 0 Å². The average molecular weight is 349 g/mol. The van der Waals surface area contributed by atoms with Gasteiger partial charge >= 0.3 is 12.1 Å². The third-order valence-electron chi connectivity index (χ3n) is 2.55. The maximum atomic E-state index is 12.1. The number of ether oxygens (including phenoxy) is 3. The van der Waals surface area contributed by atoms with Gasteiger partial charge in [-0.1, -0.05) is 0 Å². The quantitative estimate of drug-likeness (QED) is 0.269. The molecule has 7 nitrogen and oxygen atoms in total. The molecule has 0 unspecified atom stereocenters. The zero-order valence-electron chi connectivity index (χ0n) is 12.6. The molecular formula is C14H14F3NO6. The number of carbonyl (C=O) groups is 2. The van der Waals surface area contributed by atoms with Crippen molar-refractivity contribution in [3.63, 3.8) is 0 Å². The summed E-state index contributed by atoms with van der Waals surface area (Å²) in [5.41, 5.74) is -0.900. The van der Waals surface area contributed by atoms with Crippen molar-refractivity contribution in [2.45, 2.75) is 6.18 Å². The van der Waals surface area contributed by atoms with E-state index in [1.54, 1.807) is 0 Å². The summed E-state index contributed by atoms with van der Waals surface area (Å²) in [4.78, 5) is 23.6. The fourth-order valence-corrected chi connectivity index (χ4v) is 1.47. The van der Waals surface area contributed by atoms with Gasteiger partial charge in [-0.25, -0.2) is 4.79 Å². The minimum Gasteiger partial charge on any atom is -0.497 e. The summed E-state index contributed by atoms with van der Waals surface area (Å²) in [6, 6.07) is 5.83. The molecule has 0 bridgehead atoms. The van der Waals surface area contributed by atoms with E-state index in [1.165, 1.54) is 31.4 Å². The van der Waals surface area contributed by atoms with Crippen molar-refractivity contribution in [2.24, 2.45) is 0 Å². The van der Waals surface area contributed by atoms with Crippen molar-refractivity contribution < 1.29 is 42.1 Å². The van der Waals surface area contributed by atoms with Gasteiger partial charge in [-0.3, -0.25) is 4.79 Å². The highest BCUT2D eigenvalue weighted by Crippen LogP contribution is 2.18. The van der Waals surface area contributed by atoms with Gasteiger partial charge in [0.2, 0.25) is 5.57 Å². The molecule has 1 aromatic rings. The molecule has 10 heteroatoms. The van der Waals surface area contributed by atoms with E-state index in [2.05, 4.69) is 14.8 Å². The summed E-state index contributed by atoms with van der Waals surface area (Å²) >= 11 is 0. The largest absolute Gasteiger partial charge is 0.497 e. The molecule has 0 aliphatic carbocycles. The van der Waals surface area contributed by atoms with E-state index in [-0.39, 0.29) is 5.69 Å². The zero-order chi connectivity index (χ0) is 18.3. The lowest BCUT2D eigenvalue weighted by atomic mass is 10.2. The third kappa shape index (κ3) is 5.71. The normalized spacial score (nSPS) is 12.0. The van der Waals surface area contributed by atoms with Crippen molar-refractivity contribution >= 4 is 17.6 Å². The van der Waals surface area contributed by atoms with E-state index >= 15 is 0 Å². The monoisotopic (exact) mass is 349 g/mol. The summed E-state index contributed by atoms with van der Waals surface area (Å²) in [5.74, 6) is -3.56. The number of rotatable bonds is 6. The van der Waals surface area contributed by atoms with Crippen molar-refractivity contribution in [3.05, 3.63) is 35.8 Å². The highest BCUT2D eigenvalue weighted by atomic mass is 19.4. The molecule has 0 spiro atoms. The van der Waals surface area contributed by atoms with Crippen LogP contribution in [0.25, 0.3) is 0 Å². The number of methoxy groups -OCH3 is 2. The van der Waals surface area contributed by atoms with E-state index < -0.39 is 36.2 Å². The lowest BCUT2D eigenvalue weighted by molar-refractivity contribution is -0.184. The van der Waals surface area contributed by atoms with Crippen LogP contribution < -0.4 is 10.1 Å². The predicted octanol–water partition coefficient (Wildman–Crippen LogP) is 2.16. The summed E-state index contributed by atoms with van der Waals surface area (Å²) in [6.07, 6.45) is -4.78. The standard InChI is InChI=1S/C14H14F3NO6/c1-22-9-5-3-8(4-6-9)18-11(19)10(12(20)23-2)13(21)24-7-14(15,16)17/h3-6,20H,7H2,1-2H3,(H,18,19)/b12-10+. The number of amides is 1. The van der Waals surface area contributed by atoms with Crippen LogP contribution in [0, 0.1) is 0 Å². The molecule has 0 saturated heterocycles. The molecule has 1 rings (SSSR count). The molecule has 2 N–H and O–H groups in total. The summed E-state index contributed by atoms with van der Waals surface area (Å²) in [6.45, 7) is -1.91. The van der Waals surface area contributed by atoms with E-state index in [0.29, 0.717) is 5.75 Å². The summed E-state index contributed by atoms with van der Waals surface area (Å²) in [7, 11) is 2.36. The first-order valence-corrected chi connectivity index (χ1v) is 6.34. The van der Waals surface area contributed by atoms with Crippen LogP contribution in [0.1, 0.15) is 0 Å². The van der Waals surface area contributed by atoms with Gasteiger partial charge in [-0.2, -0.15) is 13.2 Å². The lowest BCUT2D eigenvalue weighted by Gasteiger charge is -2.12. The van der Waals surface area contributed by atoms with E-state index in [9.17, 15) is 27.9 Å². The maximum Gasteiger partial charge on any atom is 0.422 e. The van der Waals surface area contributed by atoms with Crippen LogP contribution in [0.5, 0.6) is 5.75 Å². The second-order valence-electron chi connectivity index (χ2n) is 4.26. The molecule has 0 heterocycles. The number of hydrogen-bond acceptors (Lipinski definition) is 6. The van der Waals surface area contributed by atoms with Crippen molar-refractivity contribution in [1.82, 2.24) is 0 Å². The summed E-state index contributed by atoms with van der Waals surface area (Å²) in [5, 5.41) is 11.7. The first-order chi connectivity index (χ1) is 11.2. The Morgan fingerprint density at radius 1 is 1.17 bits per heavy atom. The molecule has 0 aromatic heterocycles. The fourth-order valence-electron chi connectivity index (χ4n) is 1.47. The molecule has 0 fully saturated rings. The number of esters is 1. The molecule has 0 radical (unpaired) electrons. The van der Waals surface area contributed by atoms with Gasteiger partial charge in [-0.05, 0) is 24.3 Å². The van der Waals surface area contributed by atoms with Crippen LogP contribution in [0.2, 0.25) is 0 Å². The minimum absolute atomic E-state index is 0.200. The Morgan fingerprint density at radius 3 is 2.21 bits per heavy atom. The lowest BCUT2D eigenvalue weighted by Crippen LogP contribution is -2.28. The highest BCUT2D eigenvalue weighted by molar-refractivity contribution is 6.21. The molecule has 1 aromatic carbocycles. The number of nitrogens with one attached hydrogen (secondary N) is 1. The van der Waals surface area contributed by atoms with Crippen LogP contribution in [-0.2, 0) is 19.1 Å². The smallest absolute Gasteiger partial charge is 0.422 e. The second kappa shape index (κ2) is 8.09. The molecule has 0 saturated carbocycles. The van der Waals surface area contributed by atoms with Gasteiger partial charge < -0.3 is 24.6 Å². The zero-order valence-corrected chi connectivity index (χ0v) is 12.6. The molecule has 132 valence electrons. The number of hydrogen-bond donors (Lipinski definition) is 2. The van der Waals surface area contributed by atoms with Gasteiger partial charge in [0.15, 0.2) is 6.61 Å². The predicted molar refractivity (Wildman–Crippen MR) is 75.3 cm³/mol. The number of halogens is 3. The van der Waals surface area contributed by atoms with Gasteiger partial charge in [0.1, 0.15) is 5.75 Å². The number of aliphatic hydroxyl groups excluding tert-OH is 1. The fraction of sp³-hybridized carbons (Fsp3) is 0.286. The van der Waals surface area contributed by atoms with Crippen LogP contribution in [-0.4, -0.2) is 44.0 Å². The molecule has 24 heavy (non-hydrogen) atoms. The van der Waals surface area contributed by atoms with Gasteiger partial charge in [0.05, 0.1) is 14.2 Å². The highest BCUT2D eigenvalue weighted by Gasteiger charge is 2.33. The van der Waals surface area contributed by atoms with Crippen LogP contribution >= 0.6 is 0 Å². The molecule has 0 atom stereocenters. The Hall–Kier alpha value is -2.91. The number of alkyl halides is 3. The molecule has 1 amide bonds. The molecule has 0 aliphatic rings. The van der Waals surface area contributed by atoms with Gasteiger partial charge in [0, 0.05) is 5.69 Å². The molecule has 0 aliphatic heterocycles. The second-order valence-corrected chi connectivity index (χ2v) is 4.26. The van der Waals surface area contributed by atoms with Crippen molar-refractivity contribution in [3.8, 4) is 5.75 Å². The van der Waals surface area contributed by atoms with E-state index in [0.717, 1.165) is 7.11 Å². The van der Waals surface area contributed by atoms with Gasteiger partial charge in [0.25, 0.3) is 11.9 Å². The minimum atomic E-state index is -4.78. The Labute approximate surface area is 134 Å². The Morgan fingerprint density at radius 2 is 1.75 bits per heavy atom. The first-order valence-electron chi connectivity index (χ1n) is 6.34. The van der Waals surface area contributed by atoms with Crippen molar-refractivity contribution in [1.29, 1.82) is 0 Å². The van der Waals surface area contributed by atoms with E-state index in [1.807, 2.05) is 0 Å². The average Bonchev–Trinajstić information content (AvgIpc) is 2.53. The SMILES string of the molecule is CO/C(O)=C(\C(=O)Nc1ccc(OC)cc1)C(=O)OCC(F)(F)F. The van der Waals surface area contributed by atoms with E-state index in [4.69, 9.17) is 4.74 Å². The maximum absolute atomic E-state index is 12.1. The summed E-state index contributed by atoms with van der Waals surface area (Å²) < 4.78 is 49.4. The first kappa shape index (κ1) is 19.1. The Bertz CT molecular complexity index is 624. The number of benzene rings is 1. The van der Waals surface area contributed by atoms with Crippen LogP contribution in [0.4, 0.5) is 18.9 Å². The van der Waals surface area contributed by atoms with Crippen molar-refractivity contribution in [2.75, 3.05) is 26.1 Å². The van der Waals surface area contributed by atoms with Gasteiger partial charge in [-0.15, -0.1) is 0 Å². The molecular weight excluding hydrogens is 335 g/mol. The van der Waals surface area contributed by atoms with Crippen LogP contribution in [0.15, 0.2) is 35.8 Å². The third-order valence-corrected chi connectivity index (χ3v) is 2.55. The number of aliphatic hydroxyl groups is 1. The topological polar surface area (TPSA) is 94.1 Å². The number of anilines is 1. The number of carbonyl (C=O) groups excluding carboxylic acids is 2.